The first-order chi connectivity index (χ1) is 10.4. The summed E-state index contributed by atoms with van der Waals surface area (Å²) in [6, 6.07) is 1.76. The summed E-state index contributed by atoms with van der Waals surface area (Å²) in [6.45, 7) is 1.33. The molecule has 0 saturated carbocycles. The summed E-state index contributed by atoms with van der Waals surface area (Å²) in [4.78, 5) is 20.0. The molecule has 8 heteroatoms. The van der Waals surface area contributed by atoms with Crippen molar-refractivity contribution >= 4 is 39.3 Å². The van der Waals surface area contributed by atoms with Crippen LogP contribution in [0, 0.1) is 5.92 Å². The number of aromatic nitrogens is 1. The van der Waals surface area contributed by atoms with E-state index in [2.05, 4.69) is 20.9 Å². The number of anilines is 1. The standard InChI is InChI=1S/C14H15BrClF2N3O/c15-10-5-11(16)12(19-6-10)21-7-9(8-21)13(22)20-3-1-14(17,18)2-4-20/h5-6,9H,1-4,7-8H2. The lowest BCUT2D eigenvalue weighted by Crippen LogP contribution is -2.56. The second-order valence-corrected chi connectivity index (χ2v) is 7.06. The summed E-state index contributed by atoms with van der Waals surface area (Å²) in [5.74, 6) is -2.18. The first kappa shape index (κ1) is 15.9. The van der Waals surface area contributed by atoms with Crippen molar-refractivity contribution in [3.63, 3.8) is 0 Å². The van der Waals surface area contributed by atoms with Crippen LogP contribution in [-0.4, -0.2) is 47.9 Å². The number of rotatable bonds is 2. The van der Waals surface area contributed by atoms with E-state index in [-0.39, 0.29) is 37.8 Å². The largest absolute Gasteiger partial charge is 0.354 e. The third-order valence-electron chi connectivity index (χ3n) is 4.13. The van der Waals surface area contributed by atoms with Gasteiger partial charge in [-0.1, -0.05) is 11.6 Å². The first-order valence-corrected chi connectivity index (χ1v) is 8.25. The minimum atomic E-state index is -2.63. The molecule has 0 aliphatic carbocycles. The van der Waals surface area contributed by atoms with Gasteiger partial charge in [-0.3, -0.25) is 4.79 Å². The molecular weight excluding hydrogens is 380 g/mol. The Morgan fingerprint density at radius 2 is 2.00 bits per heavy atom. The van der Waals surface area contributed by atoms with Crippen molar-refractivity contribution < 1.29 is 13.6 Å². The average Bonchev–Trinajstić information content (AvgIpc) is 2.39. The van der Waals surface area contributed by atoms with Crippen molar-refractivity contribution in [1.82, 2.24) is 9.88 Å². The zero-order chi connectivity index (χ0) is 15.9. The molecule has 2 fully saturated rings. The minimum Gasteiger partial charge on any atom is -0.354 e. The van der Waals surface area contributed by atoms with Crippen LogP contribution in [0.15, 0.2) is 16.7 Å². The topological polar surface area (TPSA) is 36.4 Å². The second-order valence-electron chi connectivity index (χ2n) is 5.74. The van der Waals surface area contributed by atoms with Gasteiger partial charge in [0.25, 0.3) is 5.92 Å². The summed E-state index contributed by atoms with van der Waals surface area (Å²) in [7, 11) is 0. The molecule has 2 aliphatic heterocycles. The molecule has 2 aliphatic rings. The first-order valence-electron chi connectivity index (χ1n) is 7.08. The molecule has 0 spiro atoms. The van der Waals surface area contributed by atoms with E-state index >= 15 is 0 Å². The molecule has 2 saturated heterocycles. The van der Waals surface area contributed by atoms with Crippen LogP contribution >= 0.6 is 27.5 Å². The van der Waals surface area contributed by atoms with Crippen LogP contribution in [0.2, 0.25) is 5.02 Å². The third-order valence-corrected chi connectivity index (χ3v) is 4.84. The SMILES string of the molecule is O=C(C1CN(c2ncc(Br)cc2Cl)C1)N1CCC(F)(F)CC1. The lowest BCUT2D eigenvalue weighted by atomic mass is 9.96. The molecule has 0 aromatic carbocycles. The van der Waals surface area contributed by atoms with Gasteiger partial charge in [0.05, 0.1) is 10.9 Å². The highest BCUT2D eigenvalue weighted by molar-refractivity contribution is 9.10. The van der Waals surface area contributed by atoms with Crippen LogP contribution in [0.1, 0.15) is 12.8 Å². The summed E-state index contributed by atoms with van der Waals surface area (Å²) >= 11 is 9.43. The lowest BCUT2D eigenvalue weighted by Gasteiger charge is -2.43. The molecule has 0 atom stereocenters. The summed E-state index contributed by atoms with van der Waals surface area (Å²) < 4.78 is 27.0. The molecule has 0 radical (unpaired) electrons. The van der Waals surface area contributed by atoms with Gasteiger partial charge in [0.15, 0.2) is 0 Å². The van der Waals surface area contributed by atoms with Gasteiger partial charge < -0.3 is 9.80 Å². The predicted octanol–water partition coefficient (Wildman–Crippen LogP) is 3.19. The highest BCUT2D eigenvalue weighted by atomic mass is 79.9. The van der Waals surface area contributed by atoms with Crippen molar-refractivity contribution in [2.75, 3.05) is 31.1 Å². The fourth-order valence-electron chi connectivity index (χ4n) is 2.76. The van der Waals surface area contributed by atoms with E-state index in [0.717, 1.165) is 4.47 Å². The Labute approximate surface area is 140 Å². The number of nitrogens with zero attached hydrogens (tertiary/aromatic N) is 3. The molecule has 1 aromatic heterocycles. The molecule has 1 aromatic rings. The van der Waals surface area contributed by atoms with Gasteiger partial charge in [-0.15, -0.1) is 0 Å². The van der Waals surface area contributed by atoms with Crippen molar-refractivity contribution in [2.45, 2.75) is 18.8 Å². The number of halogens is 4. The van der Waals surface area contributed by atoms with Gasteiger partial charge in [0.2, 0.25) is 5.91 Å². The molecule has 0 bridgehead atoms. The normalized spacial score (nSPS) is 21.6. The maximum Gasteiger partial charge on any atom is 0.251 e. The van der Waals surface area contributed by atoms with Gasteiger partial charge in [-0.2, -0.15) is 0 Å². The molecule has 22 heavy (non-hydrogen) atoms. The number of likely N-dealkylation sites (tertiary alicyclic amines) is 1. The zero-order valence-electron chi connectivity index (χ0n) is 11.7. The number of carbonyl (C=O) groups excluding carboxylic acids is 1. The van der Waals surface area contributed by atoms with E-state index < -0.39 is 5.92 Å². The maximum absolute atomic E-state index is 13.1. The smallest absolute Gasteiger partial charge is 0.251 e. The van der Waals surface area contributed by atoms with Crippen molar-refractivity contribution in [3.8, 4) is 0 Å². The quantitative estimate of drug-likeness (QED) is 0.773. The van der Waals surface area contributed by atoms with Gasteiger partial charge in [0.1, 0.15) is 5.82 Å². The van der Waals surface area contributed by atoms with Gasteiger partial charge in [-0.25, -0.2) is 13.8 Å². The van der Waals surface area contributed by atoms with Gasteiger partial charge >= 0.3 is 0 Å². The van der Waals surface area contributed by atoms with Crippen LogP contribution in [0.3, 0.4) is 0 Å². The van der Waals surface area contributed by atoms with E-state index in [9.17, 15) is 13.6 Å². The Bertz CT molecular complexity index is 585. The van der Waals surface area contributed by atoms with Crippen LogP contribution in [0.25, 0.3) is 0 Å². The Kier molecular flexibility index (Phi) is 4.29. The molecule has 3 rings (SSSR count). The monoisotopic (exact) mass is 393 g/mol. The number of hydrogen-bond acceptors (Lipinski definition) is 3. The zero-order valence-corrected chi connectivity index (χ0v) is 14.1. The molecule has 3 heterocycles. The van der Waals surface area contributed by atoms with Gasteiger partial charge in [-0.05, 0) is 22.0 Å². The second kappa shape index (κ2) is 5.92. The summed E-state index contributed by atoms with van der Waals surface area (Å²) in [5, 5.41) is 0.526. The average molecular weight is 395 g/mol. The molecule has 0 unspecified atom stereocenters. The molecule has 120 valence electrons. The Balaban J connectivity index is 1.56. The van der Waals surface area contributed by atoms with E-state index in [1.807, 2.05) is 4.90 Å². The molecule has 0 N–H and O–H groups in total. The van der Waals surface area contributed by atoms with Crippen LogP contribution < -0.4 is 4.90 Å². The molecule has 4 nitrogen and oxygen atoms in total. The number of amides is 1. The van der Waals surface area contributed by atoms with Crippen molar-refractivity contribution in [2.24, 2.45) is 5.92 Å². The summed E-state index contributed by atoms with van der Waals surface area (Å²) in [6.07, 6.45) is 1.17. The number of hydrogen-bond donors (Lipinski definition) is 0. The Morgan fingerprint density at radius 3 is 2.59 bits per heavy atom. The third kappa shape index (κ3) is 3.20. The van der Waals surface area contributed by atoms with E-state index in [1.54, 1.807) is 17.2 Å². The highest BCUT2D eigenvalue weighted by Gasteiger charge is 2.41. The van der Waals surface area contributed by atoms with E-state index in [0.29, 0.717) is 23.9 Å². The molecular formula is C14H15BrClF2N3O. The number of alkyl halides is 2. The fourth-order valence-corrected chi connectivity index (χ4v) is 3.51. The Hall–Kier alpha value is -0.950. The van der Waals surface area contributed by atoms with E-state index in [1.165, 1.54) is 0 Å². The van der Waals surface area contributed by atoms with Crippen LogP contribution in [0.4, 0.5) is 14.6 Å². The maximum atomic E-state index is 13.1. The summed E-state index contributed by atoms with van der Waals surface area (Å²) in [5.41, 5.74) is 0. The minimum absolute atomic E-state index is 0.0417. The number of carbonyl (C=O) groups is 1. The molecule has 1 amide bonds. The van der Waals surface area contributed by atoms with Crippen molar-refractivity contribution in [3.05, 3.63) is 21.8 Å². The van der Waals surface area contributed by atoms with Gasteiger partial charge in [0, 0.05) is 49.7 Å². The lowest BCUT2D eigenvalue weighted by molar-refractivity contribution is -0.142. The fraction of sp³-hybridized carbons (Fsp3) is 0.571. The predicted molar refractivity (Wildman–Crippen MR) is 83.4 cm³/mol. The number of pyridine rings is 1. The van der Waals surface area contributed by atoms with Crippen molar-refractivity contribution in [1.29, 1.82) is 0 Å². The number of piperidine rings is 1. The highest BCUT2D eigenvalue weighted by Crippen LogP contribution is 2.33. The van der Waals surface area contributed by atoms with E-state index in [4.69, 9.17) is 11.6 Å². The van der Waals surface area contributed by atoms with Crippen LogP contribution in [0.5, 0.6) is 0 Å². The Morgan fingerprint density at radius 1 is 1.36 bits per heavy atom. The van der Waals surface area contributed by atoms with Crippen LogP contribution in [-0.2, 0) is 4.79 Å².